The number of likely N-dealkylation sites (tertiary alicyclic amines) is 1. The zero-order valence-corrected chi connectivity index (χ0v) is 19.0. The summed E-state index contributed by atoms with van der Waals surface area (Å²) in [6.07, 6.45) is 8.76. The summed E-state index contributed by atoms with van der Waals surface area (Å²) in [4.78, 5) is 15.4. The van der Waals surface area contributed by atoms with Gasteiger partial charge in [-0.2, -0.15) is 0 Å². The molecule has 3 fully saturated rings. The van der Waals surface area contributed by atoms with Crippen molar-refractivity contribution in [3.63, 3.8) is 0 Å². The third kappa shape index (κ3) is 3.94. The lowest BCUT2D eigenvalue weighted by Crippen LogP contribution is -2.51. The van der Waals surface area contributed by atoms with Crippen molar-refractivity contribution in [3.8, 4) is 5.75 Å². The second kappa shape index (κ2) is 7.83. The molecule has 7 nitrogen and oxygen atoms in total. The maximum absolute atomic E-state index is 12.9. The summed E-state index contributed by atoms with van der Waals surface area (Å²) in [6.45, 7) is 1.65. The standard InChI is InChI=1S/C20H28BrN3O4S/c1-28-17-10-16(21)18(29(22,26)27)9-15(17)19(25)23-12-14-3-2-8-24(14)20-6-4-13(11-20)5-7-20/h9-10,13-14H,2-8,11-12H2,1H3,(H,23,25)(H2,22,26,27). The van der Waals surface area contributed by atoms with Crippen LogP contribution in [0.5, 0.6) is 5.75 Å². The summed E-state index contributed by atoms with van der Waals surface area (Å²) in [5.41, 5.74) is 0.511. The van der Waals surface area contributed by atoms with Gasteiger partial charge in [0, 0.05) is 22.6 Å². The molecular weight excluding hydrogens is 458 g/mol. The molecule has 1 aromatic carbocycles. The molecule has 1 heterocycles. The van der Waals surface area contributed by atoms with Crippen molar-refractivity contribution in [3.05, 3.63) is 22.2 Å². The highest BCUT2D eigenvalue weighted by atomic mass is 79.9. The highest BCUT2D eigenvalue weighted by Crippen LogP contribution is 2.52. The first-order chi connectivity index (χ1) is 13.7. The van der Waals surface area contributed by atoms with E-state index in [1.807, 2.05) is 0 Å². The van der Waals surface area contributed by atoms with Gasteiger partial charge < -0.3 is 10.1 Å². The van der Waals surface area contributed by atoms with Gasteiger partial charge in [0.2, 0.25) is 10.0 Å². The second-order valence-electron chi connectivity index (χ2n) is 8.60. The average molecular weight is 486 g/mol. The first-order valence-corrected chi connectivity index (χ1v) is 12.5. The lowest BCUT2D eigenvalue weighted by atomic mass is 9.91. The molecule has 9 heteroatoms. The summed E-state index contributed by atoms with van der Waals surface area (Å²) in [5, 5.41) is 8.29. The van der Waals surface area contributed by atoms with Crippen LogP contribution in [0.25, 0.3) is 0 Å². The molecule has 2 aliphatic carbocycles. The van der Waals surface area contributed by atoms with E-state index >= 15 is 0 Å². The minimum atomic E-state index is -3.96. The van der Waals surface area contributed by atoms with Gasteiger partial charge in [0.25, 0.3) is 5.91 Å². The molecule has 1 aromatic rings. The van der Waals surface area contributed by atoms with E-state index in [0.29, 0.717) is 23.9 Å². The normalized spacial score (nSPS) is 29.3. The van der Waals surface area contributed by atoms with Gasteiger partial charge in [-0.25, -0.2) is 13.6 Å². The molecule has 3 N–H and O–H groups in total. The van der Waals surface area contributed by atoms with Crippen LogP contribution in [0.4, 0.5) is 0 Å². The number of primary sulfonamides is 1. The monoisotopic (exact) mass is 485 g/mol. The third-order valence-corrected chi connectivity index (χ3v) is 8.86. The number of amides is 1. The first-order valence-electron chi connectivity index (χ1n) is 10.2. The molecule has 0 spiro atoms. The predicted molar refractivity (Wildman–Crippen MR) is 113 cm³/mol. The molecule has 4 rings (SSSR count). The second-order valence-corrected chi connectivity index (χ2v) is 11.0. The van der Waals surface area contributed by atoms with Crippen molar-refractivity contribution in [2.75, 3.05) is 20.2 Å². The molecule has 3 aliphatic rings. The summed E-state index contributed by atoms with van der Waals surface area (Å²) in [5.74, 6) is 0.840. The number of hydrogen-bond donors (Lipinski definition) is 2. The minimum absolute atomic E-state index is 0.132. The number of carbonyl (C=O) groups is 1. The number of fused-ring (bicyclic) bond motifs is 2. The molecule has 2 bridgehead atoms. The summed E-state index contributed by atoms with van der Waals surface area (Å²) >= 11 is 3.19. The van der Waals surface area contributed by atoms with Crippen LogP contribution in [-0.2, 0) is 10.0 Å². The highest BCUT2D eigenvalue weighted by Gasteiger charge is 2.51. The van der Waals surface area contributed by atoms with Crippen LogP contribution in [0, 0.1) is 5.92 Å². The van der Waals surface area contributed by atoms with E-state index in [2.05, 4.69) is 26.1 Å². The number of sulfonamides is 1. The van der Waals surface area contributed by atoms with E-state index in [1.54, 1.807) is 0 Å². The molecule has 1 amide bonds. The maximum atomic E-state index is 12.9. The van der Waals surface area contributed by atoms with Gasteiger partial charge in [0.1, 0.15) is 5.75 Å². The fourth-order valence-corrected chi connectivity index (χ4v) is 7.25. The van der Waals surface area contributed by atoms with E-state index in [9.17, 15) is 13.2 Å². The Bertz CT molecular complexity index is 913. The highest BCUT2D eigenvalue weighted by molar-refractivity contribution is 9.10. The number of nitrogens with one attached hydrogen (secondary N) is 1. The van der Waals surface area contributed by atoms with Crippen LogP contribution in [0.15, 0.2) is 21.5 Å². The number of methoxy groups -OCH3 is 1. The molecule has 1 aliphatic heterocycles. The average Bonchev–Trinajstić information content (AvgIpc) is 3.40. The van der Waals surface area contributed by atoms with Gasteiger partial charge in [-0.05, 0) is 85.5 Å². The summed E-state index contributed by atoms with van der Waals surface area (Å²) in [7, 11) is -2.51. The smallest absolute Gasteiger partial charge is 0.255 e. The van der Waals surface area contributed by atoms with E-state index in [4.69, 9.17) is 9.88 Å². The van der Waals surface area contributed by atoms with Gasteiger partial charge in [-0.3, -0.25) is 9.69 Å². The van der Waals surface area contributed by atoms with Crippen LogP contribution in [0.3, 0.4) is 0 Å². The molecule has 160 valence electrons. The van der Waals surface area contributed by atoms with Gasteiger partial charge in [-0.1, -0.05) is 0 Å². The van der Waals surface area contributed by atoms with Crippen molar-refractivity contribution in [1.82, 2.24) is 10.2 Å². The zero-order valence-electron chi connectivity index (χ0n) is 16.6. The summed E-state index contributed by atoms with van der Waals surface area (Å²) < 4.78 is 29.2. The van der Waals surface area contributed by atoms with Crippen LogP contribution < -0.4 is 15.2 Å². The van der Waals surface area contributed by atoms with Crippen molar-refractivity contribution >= 4 is 31.9 Å². The quantitative estimate of drug-likeness (QED) is 0.644. The predicted octanol–water partition coefficient (Wildman–Crippen LogP) is 2.63. The van der Waals surface area contributed by atoms with Gasteiger partial charge in [0.05, 0.1) is 17.6 Å². The Balaban J connectivity index is 1.50. The largest absolute Gasteiger partial charge is 0.496 e. The molecule has 0 radical (unpaired) electrons. The lowest BCUT2D eigenvalue weighted by molar-refractivity contribution is 0.0748. The van der Waals surface area contributed by atoms with E-state index < -0.39 is 10.0 Å². The van der Waals surface area contributed by atoms with Crippen molar-refractivity contribution in [1.29, 1.82) is 0 Å². The Morgan fingerprint density at radius 2 is 2.07 bits per heavy atom. The van der Waals surface area contributed by atoms with Crippen molar-refractivity contribution < 1.29 is 17.9 Å². The molecule has 29 heavy (non-hydrogen) atoms. The molecule has 2 saturated carbocycles. The molecule has 1 saturated heterocycles. The van der Waals surface area contributed by atoms with Gasteiger partial charge >= 0.3 is 0 Å². The minimum Gasteiger partial charge on any atom is -0.496 e. The number of rotatable bonds is 6. The summed E-state index contributed by atoms with van der Waals surface area (Å²) in [6, 6.07) is 3.07. The molecule has 1 atom stereocenters. The van der Waals surface area contributed by atoms with Crippen LogP contribution in [0.2, 0.25) is 0 Å². The van der Waals surface area contributed by atoms with Crippen molar-refractivity contribution in [2.45, 2.75) is 61.4 Å². The number of ether oxygens (including phenoxy) is 1. The van der Waals surface area contributed by atoms with E-state index in [1.165, 1.54) is 51.3 Å². The fraction of sp³-hybridized carbons (Fsp3) is 0.650. The van der Waals surface area contributed by atoms with E-state index in [-0.39, 0.29) is 20.8 Å². The maximum Gasteiger partial charge on any atom is 0.255 e. The van der Waals surface area contributed by atoms with Gasteiger partial charge in [-0.15, -0.1) is 0 Å². The van der Waals surface area contributed by atoms with Gasteiger partial charge in [0.15, 0.2) is 0 Å². The Morgan fingerprint density at radius 1 is 1.34 bits per heavy atom. The molecule has 0 aromatic heterocycles. The van der Waals surface area contributed by atoms with Crippen LogP contribution in [-0.4, -0.2) is 51.0 Å². The zero-order chi connectivity index (χ0) is 20.8. The van der Waals surface area contributed by atoms with Crippen LogP contribution >= 0.6 is 15.9 Å². The Morgan fingerprint density at radius 3 is 2.66 bits per heavy atom. The molecule has 1 unspecified atom stereocenters. The number of nitrogens with zero attached hydrogens (tertiary/aromatic N) is 1. The van der Waals surface area contributed by atoms with E-state index in [0.717, 1.165) is 25.3 Å². The SMILES string of the molecule is COc1cc(Br)c(S(N)(=O)=O)cc1C(=O)NCC1CCCN1C12CCC(CC1)C2. The Kier molecular flexibility index (Phi) is 5.69. The lowest BCUT2D eigenvalue weighted by Gasteiger charge is -2.41. The number of carbonyl (C=O) groups excluding carboxylic acids is 1. The third-order valence-electron chi connectivity index (χ3n) is 6.99. The van der Waals surface area contributed by atoms with Crippen LogP contribution in [0.1, 0.15) is 55.3 Å². The Labute approximate surface area is 180 Å². The Hall–Kier alpha value is -1.16. The fourth-order valence-electron chi connectivity index (χ4n) is 5.64. The number of halogens is 1. The number of benzene rings is 1. The topological polar surface area (TPSA) is 102 Å². The number of hydrogen-bond acceptors (Lipinski definition) is 5. The first kappa shape index (κ1) is 21.1. The van der Waals surface area contributed by atoms with Crippen molar-refractivity contribution in [2.24, 2.45) is 11.1 Å². The number of nitrogens with two attached hydrogens (primary N) is 1. The molecular formula is C20H28BrN3O4S.